The van der Waals surface area contributed by atoms with Crippen molar-refractivity contribution in [1.82, 2.24) is 4.98 Å². The van der Waals surface area contributed by atoms with Crippen molar-refractivity contribution in [3.8, 4) is 0 Å². The van der Waals surface area contributed by atoms with E-state index in [9.17, 15) is 14.4 Å². The van der Waals surface area contributed by atoms with Gasteiger partial charge < -0.3 is 10.5 Å². The van der Waals surface area contributed by atoms with Crippen LogP contribution in [0.1, 0.15) is 63.4 Å². The Kier molecular flexibility index (Phi) is 5.79. The molecule has 7 nitrogen and oxygen atoms in total. The summed E-state index contributed by atoms with van der Waals surface area (Å²) in [5.41, 5.74) is 6.26. The number of esters is 1. The number of aryl methyl sites for hydroxylation is 2. The molecule has 1 saturated carbocycles. The Morgan fingerprint density at radius 1 is 1.11 bits per heavy atom. The highest BCUT2D eigenvalue weighted by Crippen LogP contribution is 2.34. The predicted octanol–water partition coefficient (Wildman–Crippen LogP) is 3.36. The second kappa shape index (κ2) is 8.10. The average Bonchev–Trinajstić information content (AvgIpc) is 3.03. The van der Waals surface area contributed by atoms with E-state index in [1.165, 1.54) is 0 Å². The van der Waals surface area contributed by atoms with Crippen molar-refractivity contribution >= 4 is 34.3 Å². The molecule has 0 bridgehead atoms. The minimum Gasteiger partial charge on any atom is -0.445 e. The van der Waals surface area contributed by atoms with Gasteiger partial charge in [-0.25, -0.2) is 9.78 Å². The number of hydrogen-bond donors (Lipinski definition) is 2. The largest absolute Gasteiger partial charge is 0.445 e. The summed E-state index contributed by atoms with van der Waals surface area (Å²) < 4.78 is 5.57. The molecule has 1 aliphatic carbocycles. The quantitative estimate of drug-likeness (QED) is 0.746. The first-order valence-electron chi connectivity index (χ1n) is 9.19. The van der Waals surface area contributed by atoms with Gasteiger partial charge in [0.2, 0.25) is 0 Å². The molecule has 1 fully saturated rings. The first-order valence-corrected chi connectivity index (χ1v) is 10.0. The molecule has 1 aliphatic rings. The van der Waals surface area contributed by atoms with Crippen molar-refractivity contribution in [3.63, 3.8) is 0 Å². The SMILES string of the molecule is Cc1ccc(C(=O)Nc2nc(C)c(C(=O)OC3(C(N)=O)CCCCC3)s2)cc1. The summed E-state index contributed by atoms with van der Waals surface area (Å²) in [4.78, 5) is 41.5. The van der Waals surface area contributed by atoms with Gasteiger partial charge in [0.05, 0.1) is 5.69 Å². The summed E-state index contributed by atoms with van der Waals surface area (Å²) in [6, 6.07) is 7.14. The molecular weight excluding hydrogens is 378 g/mol. The lowest BCUT2D eigenvalue weighted by atomic mass is 9.84. The molecule has 8 heteroatoms. The molecule has 2 amide bonds. The number of primary amides is 1. The minimum absolute atomic E-state index is 0.255. The van der Waals surface area contributed by atoms with Gasteiger partial charge in [0, 0.05) is 5.56 Å². The number of nitrogens with two attached hydrogens (primary N) is 1. The van der Waals surface area contributed by atoms with Crippen LogP contribution in [-0.2, 0) is 9.53 Å². The first kappa shape index (κ1) is 20.0. The lowest BCUT2D eigenvalue weighted by molar-refractivity contribution is -0.140. The molecular formula is C20H23N3O4S. The Labute approximate surface area is 167 Å². The zero-order valence-corrected chi connectivity index (χ0v) is 16.7. The third-order valence-electron chi connectivity index (χ3n) is 4.91. The van der Waals surface area contributed by atoms with E-state index in [0.29, 0.717) is 29.2 Å². The van der Waals surface area contributed by atoms with E-state index in [4.69, 9.17) is 10.5 Å². The zero-order valence-electron chi connectivity index (χ0n) is 15.9. The van der Waals surface area contributed by atoms with Gasteiger partial charge in [0.1, 0.15) is 4.88 Å². The lowest BCUT2D eigenvalue weighted by Crippen LogP contribution is -2.49. The summed E-state index contributed by atoms with van der Waals surface area (Å²) in [6.45, 7) is 3.60. The van der Waals surface area contributed by atoms with Crippen LogP contribution >= 0.6 is 11.3 Å². The molecule has 0 saturated heterocycles. The zero-order chi connectivity index (χ0) is 20.3. The Morgan fingerprint density at radius 2 is 1.75 bits per heavy atom. The molecule has 0 radical (unpaired) electrons. The molecule has 148 valence electrons. The Morgan fingerprint density at radius 3 is 2.36 bits per heavy atom. The third kappa shape index (κ3) is 4.22. The van der Waals surface area contributed by atoms with Crippen LogP contribution in [0.5, 0.6) is 0 Å². The van der Waals surface area contributed by atoms with Crippen LogP contribution in [0, 0.1) is 13.8 Å². The maximum absolute atomic E-state index is 12.7. The van der Waals surface area contributed by atoms with Crippen molar-refractivity contribution in [2.45, 2.75) is 51.6 Å². The van der Waals surface area contributed by atoms with Crippen molar-refractivity contribution in [1.29, 1.82) is 0 Å². The van der Waals surface area contributed by atoms with Gasteiger partial charge >= 0.3 is 5.97 Å². The number of aromatic nitrogens is 1. The molecule has 28 heavy (non-hydrogen) atoms. The van der Waals surface area contributed by atoms with Gasteiger partial charge in [-0.15, -0.1) is 0 Å². The molecule has 1 aromatic heterocycles. The van der Waals surface area contributed by atoms with E-state index in [0.717, 1.165) is 36.2 Å². The summed E-state index contributed by atoms with van der Waals surface area (Å²) in [5, 5.41) is 3.00. The Balaban J connectivity index is 1.74. The summed E-state index contributed by atoms with van der Waals surface area (Å²) in [6.07, 6.45) is 3.43. The normalized spacial score (nSPS) is 15.6. The Hall–Kier alpha value is -2.74. The van der Waals surface area contributed by atoms with Gasteiger partial charge in [0.15, 0.2) is 10.7 Å². The Bertz CT molecular complexity index is 899. The van der Waals surface area contributed by atoms with E-state index in [1.807, 2.05) is 19.1 Å². The molecule has 0 atom stereocenters. The van der Waals surface area contributed by atoms with E-state index >= 15 is 0 Å². The fourth-order valence-corrected chi connectivity index (χ4v) is 4.10. The van der Waals surface area contributed by atoms with Crippen LogP contribution in [0.3, 0.4) is 0 Å². The topological polar surface area (TPSA) is 111 Å². The van der Waals surface area contributed by atoms with Crippen LogP contribution in [0.15, 0.2) is 24.3 Å². The standard InChI is InChI=1S/C20H23N3O4S/c1-12-6-8-14(9-7-12)16(24)23-19-22-13(2)15(28-19)17(25)27-20(18(21)26)10-4-3-5-11-20/h6-9H,3-5,10-11H2,1-2H3,(H2,21,26)(H,22,23,24). The number of nitrogens with zero attached hydrogens (tertiary/aromatic N) is 1. The maximum Gasteiger partial charge on any atom is 0.351 e. The smallest absolute Gasteiger partial charge is 0.351 e. The summed E-state index contributed by atoms with van der Waals surface area (Å²) in [5.74, 6) is -1.56. The van der Waals surface area contributed by atoms with Gasteiger partial charge in [-0.1, -0.05) is 35.5 Å². The number of carbonyl (C=O) groups is 3. The fourth-order valence-electron chi connectivity index (χ4n) is 3.26. The van der Waals surface area contributed by atoms with Crippen molar-refractivity contribution < 1.29 is 19.1 Å². The van der Waals surface area contributed by atoms with Crippen LogP contribution in [-0.4, -0.2) is 28.4 Å². The van der Waals surface area contributed by atoms with Gasteiger partial charge in [0.25, 0.3) is 11.8 Å². The maximum atomic E-state index is 12.7. The number of benzene rings is 1. The van der Waals surface area contributed by atoms with Crippen LogP contribution in [0.25, 0.3) is 0 Å². The summed E-state index contributed by atoms with van der Waals surface area (Å²) >= 11 is 1.02. The molecule has 0 spiro atoms. The minimum atomic E-state index is -1.25. The summed E-state index contributed by atoms with van der Waals surface area (Å²) in [7, 11) is 0. The second-order valence-corrected chi connectivity index (χ2v) is 8.06. The van der Waals surface area contributed by atoms with Crippen molar-refractivity contribution in [2.75, 3.05) is 5.32 Å². The average molecular weight is 401 g/mol. The molecule has 1 heterocycles. The van der Waals surface area contributed by atoms with Gasteiger partial charge in [-0.05, 0) is 51.7 Å². The lowest BCUT2D eigenvalue weighted by Gasteiger charge is -2.33. The number of thiazole rings is 1. The number of carbonyl (C=O) groups excluding carboxylic acids is 3. The number of ether oxygens (including phenoxy) is 1. The molecule has 0 aliphatic heterocycles. The second-order valence-electron chi connectivity index (χ2n) is 7.06. The van der Waals surface area contributed by atoms with Gasteiger partial charge in [-0.3, -0.25) is 14.9 Å². The van der Waals surface area contributed by atoms with E-state index < -0.39 is 17.5 Å². The molecule has 3 N–H and O–H groups in total. The highest BCUT2D eigenvalue weighted by atomic mass is 32.1. The first-order chi connectivity index (χ1) is 13.3. The number of hydrogen-bond acceptors (Lipinski definition) is 6. The highest BCUT2D eigenvalue weighted by Gasteiger charge is 2.42. The van der Waals surface area contributed by atoms with Crippen molar-refractivity contribution in [3.05, 3.63) is 46.0 Å². The monoisotopic (exact) mass is 401 g/mol. The molecule has 0 unspecified atom stereocenters. The van der Waals surface area contributed by atoms with Crippen LogP contribution in [0.4, 0.5) is 5.13 Å². The third-order valence-corrected chi connectivity index (χ3v) is 5.97. The van der Waals surface area contributed by atoms with Crippen molar-refractivity contribution in [2.24, 2.45) is 5.73 Å². The molecule has 2 aromatic rings. The van der Waals surface area contributed by atoms with Crippen LogP contribution in [0.2, 0.25) is 0 Å². The van der Waals surface area contributed by atoms with E-state index in [1.54, 1.807) is 19.1 Å². The number of nitrogens with one attached hydrogen (secondary N) is 1. The molecule has 1 aromatic carbocycles. The number of amides is 2. The fraction of sp³-hybridized carbons (Fsp3) is 0.400. The predicted molar refractivity (Wildman–Crippen MR) is 106 cm³/mol. The number of anilines is 1. The van der Waals surface area contributed by atoms with Crippen LogP contribution < -0.4 is 11.1 Å². The van der Waals surface area contributed by atoms with Gasteiger partial charge in [-0.2, -0.15) is 0 Å². The van der Waals surface area contributed by atoms with E-state index in [2.05, 4.69) is 10.3 Å². The highest BCUT2D eigenvalue weighted by molar-refractivity contribution is 7.17. The molecule has 3 rings (SSSR count). The van der Waals surface area contributed by atoms with E-state index in [-0.39, 0.29) is 10.8 Å². The number of rotatable bonds is 5.